The van der Waals surface area contributed by atoms with Crippen LogP contribution < -0.4 is 10.6 Å². The smallest absolute Gasteiger partial charge is 0.234 e. The molecule has 0 radical (unpaired) electrons. The summed E-state index contributed by atoms with van der Waals surface area (Å²) in [7, 11) is 1.62. The van der Waals surface area contributed by atoms with Crippen molar-refractivity contribution in [3.63, 3.8) is 0 Å². The third-order valence-corrected chi connectivity index (χ3v) is 2.10. The van der Waals surface area contributed by atoms with Crippen LogP contribution in [-0.4, -0.2) is 52.0 Å². The van der Waals surface area contributed by atoms with Gasteiger partial charge >= 0.3 is 0 Å². The minimum Gasteiger partial charge on any atom is -0.383 e. The number of hydrogen-bond acceptors (Lipinski definition) is 4. The predicted molar refractivity (Wildman–Crippen MR) is 68.1 cm³/mol. The first-order valence-electron chi connectivity index (χ1n) is 6.27. The molecule has 0 fully saturated rings. The average Bonchev–Trinajstić information content (AvgIpc) is 2.28. The summed E-state index contributed by atoms with van der Waals surface area (Å²) in [6.45, 7) is 7.26. The van der Waals surface area contributed by atoms with Crippen molar-refractivity contribution in [3.8, 4) is 0 Å². The van der Waals surface area contributed by atoms with Crippen LogP contribution in [0.3, 0.4) is 0 Å². The quantitative estimate of drug-likeness (QED) is 0.523. The maximum absolute atomic E-state index is 11.4. The zero-order chi connectivity index (χ0) is 12.9. The second-order valence-electron chi connectivity index (χ2n) is 4.07. The highest BCUT2D eigenvalue weighted by molar-refractivity contribution is 5.78. The van der Waals surface area contributed by atoms with Gasteiger partial charge in [0, 0.05) is 26.4 Å². The van der Waals surface area contributed by atoms with E-state index in [1.165, 1.54) is 0 Å². The van der Waals surface area contributed by atoms with E-state index in [1.807, 2.05) is 6.92 Å². The van der Waals surface area contributed by atoms with E-state index in [0.29, 0.717) is 13.2 Å². The minimum absolute atomic E-state index is 0.00373. The Kier molecular flexibility index (Phi) is 11.4. The second kappa shape index (κ2) is 11.8. The van der Waals surface area contributed by atoms with Gasteiger partial charge < -0.3 is 20.1 Å². The predicted octanol–water partition coefficient (Wildman–Crippen LogP) is 0.544. The van der Waals surface area contributed by atoms with Crippen molar-refractivity contribution >= 4 is 5.91 Å². The number of carbonyl (C=O) groups excluding carboxylic acids is 1. The summed E-state index contributed by atoms with van der Waals surface area (Å²) in [5.74, 6) is 0.00373. The summed E-state index contributed by atoms with van der Waals surface area (Å²) in [5.41, 5.74) is 0. The highest BCUT2D eigenvalue weighted by Crippen LogP contribution is 1.84. The molecule has 0 rings (SSSR count). The molecule has 102 valence electrons. The molecule has 0 saturated carbocycles. The number of amides is 1. The minimum atomic E-state index is 0.00373. The highest BCUT2D eigenvalue weighted by Gasteiger charge is 2.05. The van der Waals surface area contributed by atoms with Crippen LogP contribution >= 0.6 is 0 Å². The first-order chi connectivity index (χ1) is 8.20. The molecule has 17 heavy (non-hydrogen) atoms. The number of nitrogens with one attached hydrogen (secondary N) is 2. The molecule has 1 unspecified atom stereocenters. The normalized spacial score (nSPS) is 12.4. The lowest BCUT2D eigenvalue weighted by Gasteiger charge is -2.13. The summed E-state index contributed by atoms with van der Waals surface area (Å²) in [5, 5.41) is 5.91. The van der Waals surface area contributed by atoms with E-state index in [9.17, 15) is 4.79 Å². The first-order valence-corrected chi connectivity index (χ1v) is 6.27. The van der Waals surface area contributed by atoms with Crippen LogP contribution in [0, 0.1) is 0 Å². The molecular formula is C12H26N2O3. The van der Waals surface area contributed by atoms with Gasteiger partial charge in [-0.05, 0) is 26.3 Å². The van der Waals surface area contributed by atoms with E-state index in [1.54, 1.807) is 7.11 Å². The van der Waals surface area contributed by atoms with Gasteiger partial charge in [-0.15, -0.1) is 0 Å². The van der Waals surface area contributed by atoms with Crippen LogP contribution in [0.25, 0.3) is 0 Å². The molecule has 0 saturated heterocycles. The van der Waals surface area contributed by atoms with Crippen LogP contribution in [0.1, 0.15) is 26.7 Å². The Balaban J connectivity index is 3.27. The Morgan fingerprint density at radius 2 is 2.12 bits per heavy atom. The lowest BCUT2D eigenvalue weighted by atomic mass is 10.3. The van der Waals surface area contributed by atoms with Gasteiger partial charge in [-0.3, -0.25) is 4.79 Å². The van der Waals surface area contributed by atoms with Gasteiger partial charge in [-0.25, -0.2) is 0 Å². The van der Waals surface area contributed by atoms with Crippen LogP contribution in [-0.2, 0) is 14.3 Å². The Morgan fingerprint density at radius 3 is 2.76 bits per heavy atom. The third-order valence-electron chi connectivity index (χ3n) is 2.10. The lowest BCUT2D eigenvalue weighted by molar-refractivity contribution is -0.121. The summed E-state index contributed by atoms with van der Waals surface area (Å²) >= 11 is 0. The molecule has 5 nitrogen and oxygen atoms in total. The standard InChI is InChI=1S/C12H26N2O3/c1-4-7-17-8-5-6-13-9-12(15)14-11(2)10-16-3/h11,13H,4-10H2,1-3H3,(H,14,15). The molecule has 0 aromatic rings. The molecule has 0 aliphatic rings. The summed E-state index contributed by atoms with van der Waals surface area (Å²) in [6, 6.07) is 0.0576. The van der Waals surface area contributed by atoms with E-state index in [4.69, 9.17) is 9.47 Å². The van der Waals surface area contributed by atoms with Gasteiger partial charge in [-0.1, -0.05) is 6.92 Å². The van der Waals surface area contributed by atoms with Gasteiger partial charge in [0.25, 0.3) is 0 Å². The fraction of sp³-hybridized carbons (Fsp3) is 0.917. The first kappa shape index (κ1) is 16.4. The molecule has 0 bridgehead atoms. The molecule has 2 N–H and O–H groups in total. The molecule has 1 atom stereocenters. The zero-order valence-corrected chi connectivity index (χ0v) is 11.3. The summed E-state index contributed by atoms with van der Waals surface area (Å²) in [6.07, 6.45) is 1.98. The fourth-order valence-electron chi connectivity index (χ4n) is 1.37. The van der Waals surface area contributed by atoms with Crippen molar-refractivity contribution in [1.82, 2.24) is 10.6 Å². The van der Waals surface area contributed by atoms with Crippen molar-refractivity contribution in [1.29, 1.82) is 0 Å². The van der Waals surface area contributed by atoms with E-state index in [0.717, 1.165) is 32.6 Å². The second-order valence-corrected chi connectivity index (χ2v) is 4.07. The number of methoxy groups -OCH3 is 1. The number of hydrogen-bond donors (Lipinski definition) is 2. The van der Waals surface area contributed by atoms with Gasteiger partial charge in [0.05, 0.1) is 13.2 Å². The Hall–Kier alpha value is -0.650. The average molecular weight is 246 g/mol. The van der Waals surface area contributed by atoms with Gasteiger partial charge in [0.2, 0.25) is 5.91 Å². The Morgan fingerprint density at radius 1 is 1.35 bits per heavy atom. The lowest BCUT2D eigenvalue weighted by Crippen LogP contribution is -2.41. The molecule has 0 heterocycles. The summed E-state index contributed by atoms with van der Waals surface area (Å²) < 4.78 is 10.3. The monoisotopic (exact) mass is 246 g/mol. The van der Waals surface area contributed by atoms with Gasteiger partial charge in [0.1, 0.15) is 0 Å². The molecule has 0 aliphatic heterocycles. The van der Waals surface area contributed by atoms with Crippen LogP contribution in [0.4, 0.5) is 0 Å². The topological polar surface area (TPSA) is 59.6 Å². The molecule has 5 heteroatoms. The molecule has 0 aromatic heterocycles. The van der Waals surface area contributed by atoms with E-state index in [-0.39, 0.29) is 11.9 Å². The third kappa shape index (κ3) is 11.6. The van der Waals surface area contributed by atoms with Crippen molar-refractivity contribution in [2.24, 2.45) is 0 Å². The van der Waals surface area contributed by atoms with Crippen molar-refractivity contribution < 1.29 is 14.3 Å². The molecule has 0 spiro atoms. The fourth-order valence-corrected chi connectivity index (χ4v) is 1.37. The maximum atomic E-state index is 11.4. The SMILES string of the molecule is CCCOCCCNCC(=O)NC(C)COC. The maximum Gasteiger partial charge on any atom is 0.234 e. The number of carbonyl (C=O) groups is 1. The highest BCUT2D eigenvalue weighted by atomic mass is 16.5. The van der Waals surface area contributed by atoms with E-state index < -0.39 is 0 Å². The molecular weight excluding hydrogens is 220 g/mol. The molecule has 1 amide bonds. The van der Waals surface area contributed by atoms with Crippen LogP contribution in [0.2, 0.25) is 0 Å². The van der Waals surface area contributed by atoms with E-state index in [2.05, 4.69) is 17.6 Å². The summed E-state index contributed by atoms with van der Waals surface area (Å²) in [4.78, 5) is 11.4. The Labute approximate surface area is 104 Å². The van der Waals surface area contributed by atoms with E-state index >= 15 is 0 Å². The zero-order valence-electron chi connectivity index (χ0n) is 11.3. The molecule has 0 aromatic carbocycles. The van der Waals surface area contributed by atoms with Crippen LogP contribution in [0.15, 0.2) is 0 Å². The number of rotatable bonds is 11. The van der Waals surface area contributed by atoms with Gasteiger partial charge in [0.15, 0.2) is 0 Å². The van der Waals surface area contributed by atoms with Crippen molar-refractivity contribution in [2.75, 3.05) is 40.0 Å². The molecule has 0 aliphatic carbocycles. The largest absolute Gasteiger partial charge is 0.383 e. The number of ether oxygens (including phenoxy) is 2. The van der Waals surface area contributed by atoms with Crippen LogP contribution in [0.5, 0.6) is 0 Å². The Bertz CT molecular complexity index is 189. The van der Waals surface area contributed by atoms with Gasteiger partial charge in [-0.2, -0.15) is 0 Å². The van der Waals surface area contributed by atoms with Crippen molar-refractivity contribution in [2.45, 2.75) is 32.7 Å². The van der Waals surface area contributed by atoms with Crippen molar-refractivity contribution in [3.05, 3.63) is 0 Å².